The molecular weight excluding hydrogens is 473 g/mol. The number of carbonyl (C=O) groups is 2. The molecule has 1 saturated heterocycles. The Kier molecular flexibility index (Phi) is 6.14. The summed E-state index contributed by atoms with van der Waals surface area (Å²) in [4.78, 5) is 28.7. The quantitative estimate of drug-likeness (QED) is 0.523. The molecule has 7 heteroatoms. The van der Waals surface area contributed by atoms with Gasteiger partial charge in [0, 0.05) is 23.2 Å². The molecule has 4 aliphatic rings. The van der Waals surface area contributed by atoms with Gasteiger partial charge >= 0.3 is 0 Å². The summed E-state index contributed by atoms with van der Waals surface area (Å²) in [7, 11) is 0. The Balaban J connectivity index is 1.22. The summed E-state index contributed by atoms with van der Waals surface area (Å²) in [6, 6.07) is 7.49. The van der Waals surface area contributed by atoms with Crippen molar-refractivity contribution in [2.75, 3.05) is 31.5 Å². The van der Waals surface area contributed by atoms with Gasteiger partial charge in [0.1, 0.15) is 6.17 Å². The number of nitrogens with one attached hydrogen (secondary N) is 2. The van der Waals surface area contributed by atoms with E-state index in [0.29, 0.717) is 19.5 Å². The molecule has 1 unspecified atom stereocenters. The number of amides is 2. The lowest BCUT2D eigenvalue weighted by Gasteiger charge is -2.26. The lowest BCUT2D eigenvalue weighted by molar-refractivity contribution is -0.132. The van der Waals surface area contributed by atoms with Crippen LogP contribution in [0.3, 0.4) is 0 Å². The number of alkyl halides is 1. The van der Waals surface area contributed by atoms with Crippen molar-refractivity contribution in [1.82, 2.24) is 10.2 Å². The maximum absolute atomic E-state index is 14.4. The number of allylic oxidation sites excluding steroid dienone is 2. The molecule has 2 bridgehead atoms. The molecule has 0 aromatic heterocycles. The fourth-order valence-corrected chi connectivity index (χ4v) is 6.54. The highest BCUT2D eigenvalue weighted by Gasteiger charge is 2.69. The zero-order valence-corrected chi connectivity index (χ0v) is 19.8. The summed E-state index contributed by atoms with van der Waals surface area (Å²) in [5.41, 5.74) is 0.818. The zero-order valence-electron chi connectivity index (χ0n) is 18.2. The van der Waals surface area contributed by atoms with Gasteiger partial charge in [-0.25, -0.2) is 4.39 Å². The largest absolute Gasteiger partial charge is 0.356 e. The van der Waals surface area contributed by atoms with E-state index in [1.807, 2.05) is 24.3 Å². The molecule has 1 aliphatic heterocycles. The maximum atomic E-state index is 14.4. The van der Waals surface area contributed by atoms with E-state index in [9.17, 15) is 14.0 Å². The molecule has 2 amide bonds. The monoisotopic (exact) mass is 503 g/mol. The number of carbonyl (C=O) groups excluding carboxylic acids is 2. The average molecular weight is 504 g/mol. The molecule has 1 aromatic rings. The zero-order chi connectivity index (χ0) is 22.3. The number of hydrogen-bond acceptors (Lipinski definition) is 3. The third-order valence-electron chi connectivity index (χ3n) is 7.97. The highest BCUT2D eigenvalue weighted by atomic mass is 79.9. The summed E-state index contributed by atoms with van der Waals surface area (Å²) >= 11 is 3.41. The first kappa shape index (κ1) is 22.1. The Hall–Kier alpha value is -1.73. The summed E-state index contributed by atoms with van der Waals surface area (Å²) in [6.45, 7) is 2.72. The Labute approximate surface area is 197 Å². The Bertz CT molecular complexity index is 895. The van der Waals surface area contributed by atoms with Crippen LogP contribution in [0.2, 0.25) is 0 Å². The van der Waals surface area contributed by atoms with Crippen molar-refractivity contribution in [2.45, 2.75) is 38.3 Å². The highest BCUT2D eigenvalue weighted by molar-refractivity contribution is 9.10. The number of halogens is 2. The molecule has 32 heavy (non-hydrogen) atoms. The van der Waals surface area contributed by atoms with Gasteiger partial charge in [0.05, 0.1) is 11.8 Å². The van der Waals surface area contributed by atoms with Gasteiger partial charge < -0.3 is 15.5 Å². The molecule has 3 fully saturated rings. The molecule has 172 valence electrons. The Morgan fingerprint density at radius 3 is 2.31 bits per heavy atom. The number of rotatable bonds is 8. The molecular formula is C25H31BrFN3O2. The van der Waals surface area contributed by atoms with Crippen LogP contribution >= 0.6 is 15.9 Å². The topological polar surface area (TPSA) is 61.4 Å². The van der Waals surface area contributed by atoms with Crippen LogP contribution in [0.4, 0.5) is 10.1 Å². The van der Waals surface area contributed by atoms with Crippen molar-refractivity contribution in [1.29, 1.82) is 0 Å². The summed E-state index contributed by atoms with van der Waals surface area (Å²) in [5, 5.41) is 5.99. The Morgan fingerprint density at radius 1 is 1.06 bits per heavy atom. The van der Waals surface area contributed by atoms with Crippen molar-refractivity contribution < 1.29 is 14.0 Å². The van der Waals surface area contributed by atoms with Crippen LogP contribution in [0.15, 0.2) is 40.9 Å². The molecule has 5 atom stereocenters. The van der Waals surface area contributed by atoms with Gasteiger partial charge in [0.2, 0.25) is 11.8 Å². The third-order valence-corrected chi connectivity index (χ3v) is 8.50. The maximum Gasteiger partial charge on any atom is 0.228 e. The summed E-state index contributed by atoms with van der Waals surface area (Å²) < 4.78 is 15.3. The molecule has 1 spiro atoms. The number of anilines is 1. The number of nitrogens with zero attached hydrogens (tertiary/aromatic N) is 1. The average Bonchev–Trinajstić information content (AvgIpc) is 3.14. The van der Waals surface area contributed by atoms with Crippen molar-refractivity contribution in [2.24, 2.45) is 29.1 Å². The van der Waals surface area contributed by atoms with Gasteiger partial charge in [-0.3, -0.25) is 9.59 Å². The van der Waals surface area contributed by atoms with Crippen LogP contribution in [0, 0.1) is 29.1 Å². The van der Waals surface area contributed by atoms with Crippen LogP contribution in [0.25, 0.3) is 0 Å². The van der Waals surface area contributed by atoms with E-state index in [2.05, 4.69) is 43.6 Å². The fraction of sp³-hybridized carbons (Fsp3) is 0.600. The first-order valence-electron chi connectivity index (χ1n) is 11.9. The smallest absolute Gasteiger partial charge is 0.228 e. The van der Waals surface area contributed by atoms with E-state index < -0.39 is 6.17 Å². The van der Waals surface area contributed by atoms with Gasteiger partial charge in [0.15, 0.2) is 0 Å². The van der Waals surface area contributed by atoms with E-state index in [1.54, 1.807) is 0 Å². The second-order valence-electron chi connectivity index (χ2n) is 9.90. The van der Waals surface area contributed by atoms with Gasteiger partial charge in [0.25, 0.3) is 0 Å². The van der Waals surface area contributed by atoms with Crippen LogP contribution in [0.1, 0.15) is 32.1 Å². The minimum Gasteiger partial charge on any atom is -0.356 e. The number of benzene rings is 1. The first-order valence-corrected chi connectivity index (χ1v) is 12.7. The van der Waals surface area contributed by atoms with Gasteiger partial charge in [-0.2, -0.15) is 0 Å². The number of likely N-dealkylation sites (tertiary alicyclic amines) is 1. The van der Waals surface area contributed by atoms with Crippen LogP contribution in [-0.4, -0.2) is 49.1 Å². The summed E-state index contributed by atoms with van der Waals surface area (Å²) in [6.07, 6.45) is 8.13. The number of hydrogen-bond donors (Lipinski definition) is 2. The first-order chi connectivity index (χ1) is 15.5. The standard InChI is InChI=1S/C25H31BrFN3O2/c26-16-3-5-18(6-4-16)29-24(32)22-20-8-7-19(25(20)10-11-25)21(22)23(31)28-12-9-17(27)15-30-13-1-2-14-30/h3-8,17,19-22H,1-2,9-15H2,(H,28,31)(H,29,32)/t17?,19-,20+,21-,22-/m1/s1. The van der Waals surface area contributed by atoms with Crippen molar-refractivity contribution in [3.8, 4) is 0 Å². The molecule has 0 radical (unpaired) electrons. The molecule has 3 aliphatic carbocycles. The lowest BCUT2D eigenvalue weighted by Crippen LogP contribution is -2.42. The van der Waals surface area contributed by atoms with Crippen molar-refractivity contribution >= 4 is 33.4 Å². The predicted octanol–water partition coefficient (Wildman–Crippen LogP) is 4.16. The second kappa shape index (κ2) is 8.90. The van der Waals surface area contributed by atoms with E-state index in [4.69, 9.17) is 0 Å². The molecule has 5 rings (SSSR count). The molecule has 2 saturated carbocycles. The molecule has 1 aromatic carbocycles. The second-order valence-corrected chi connectivity index (χ2v) is 10.8. The summed E-state index contributed by atoms with van der Waals surface area (Å²) in [5.74, 6) is -0.714. The fourth-order valence-electron chi connectivity index (χ4n) is 6.27. The molecule has 1 heterocycles. The lowest BCUT2D eigenvalue weighted by atomic mass is 9.81. The predicted molar refractivity (Wildman–Crippen MR) is 126 cm³/mol. The van der Waals surface area contributed by atoms with E-state index in [-0.39, 0.29) is 40.9 Å². The molecule has 2 N–H and O–H groups in total. The SMILES string of the molecule is O=C(NCCC(F)CN1CCCC1)[C@H]1[C@H](C(=O)Nc2ccc(Br)cc2)[C@@H]2C=C[C@H]1C21CC1. The highest BCUT2D eigenvalue weighted by Crippen LogP contribution is 2.72. The van der Waals surface area contributed by atoms with Gasteiger partial charge in [-0.1, -0.05) is 28.1 Å². The van der Waals surface area contributed by atoms with Gasteiger partial charge in [-0.05, 0) is 86.7 Å². The van der Waals surface area contributed by atoms with Gasteiger partial charge in [-0.15, -0.1) is 0 Å². The van der Waals surface area contributed by atoms with Crippen LogP contribution in [0.5, 0.6) is 0 Å². The van der Waals surface area contributed by atoms with E-state index >= 15 is 0 Å². The third kappa shape index (κ3) is 4.14. The van der Waals surface area contributed by atoms with Crippen LogP contribution < -0.4 is 10.6 Å². The van der Waals surface area contributed by atoms with Crippen molar-refractivity contribution in [3.05, 3.63) is 40.9 Å². The molecule has 5 nitrogen and oxygen atoms in total. The van der Waals surface area contributed by atoms with E-state index in [1.165, 1.54) is 0 Å². The van der Waals surface area contributed by atoms with Crippen molar-refractivity contribution in [3.63, 3.8) is 0 Å². The minimum atomic E-state index is -0.931. The normalized spacial score (nSPS) is 30.6. The van der Waals surface area contributed by atoms with Crippen LogP contribution in [-0.2, 0) is 9.59 Å². The minimum absolute atomic E-state index is 0.0854. The Morgan fingerprint density at radius 2 is 1.69 bits per heavy atom. The van der Waals surface area contributed by atoms with E-state index in [0.717, 1.165) is 48.9 Å².